The summed E-state index contributed by atoms with van der Waals surface area (Å²) < 4.78 is 49.9. The van der Waals surface area contributed by atoms with Gasteiger partial charge in [0, 0.05) is 11.8 Å². The summed E-state index contributed by atoms with van der Waals surface area (Å²) in [5.74, 6) is -0.566. The Morgan fingerprint density at radius 2 is 2.03 bits per heavy atom. The van der Waals surface area contributed by atoms with Crippen molar-refractivity contribution in [1.82, 2.24) is 14.6 Å². The van der Waals surface area contributed by atoms with E-state index in [2.05, 4.69) is 10.1 Å². The second-order valence-corrected chi connectivity index (χ2v) is 9.85. The molecular formula is C22H28FN4O8P. The Labute approximate surface area is 206 Å². The summed E-state index contributed by atoms with van der Waals surface area (Å²) in [4.78, 5) is 28.0. The number of esters is 1. The second kappa shape index (κ2) is 11.8. The predicted octanol–water partition coefficient (Wildman–Crippen LogP) is 2.07. The molecule has 0 amide bonds. The molecule has 2 heterocycles. The summed E-state index contributed by atoms with van der Waals surface area (Å²) in [6, 6.07) is 8.26. The number of aromatic nitrogens is 2. The Hall–Kier alpha value is -3.09. The van der Waals surface area contributed by atoms with E-state index in [9.17, 15) is 23.7 Å². The lowest BCUT2D eigenvalue weighted by Crippen LogP contribution is -2.37. The van der Waals surface area contributed by atoms with E-state index in [-0.39, 0.29) is 23.5 Å². The van der Waals surface area contributed by atoms with Gasteiger partial charge in [0.05, 0.1) is 19.0 Å². The van der Waals surface area contributed by atoms with Gasteiger partial charge in [-0.15, -0.1) is 0 Å². The van der Waals surface area contributed by atoms with Crippen LogP contribution in [0.15, 0.2) is 59.3 Å². The highest BCUT2D eigenvalue weighted by Crippen LogP contribution is 2.46. The molecule has 0 spiro atoms. The highest BCUT2D eigenvalue weighted by molar-refractivity contribution is 7.52. The summed E-state index contributed by atoms with van der Waals surface area (Å²) in [6.07, 6.45) is -3.22. The van der Waals surface area contributed by atoms with Crippen molar-refractivity contribution in [3.63, 3.8) is 0 Å². The molecule has 12 nitrogen and oxygen atoms in total. The molecule has 4 N–H and O–H groups in total. The number of benzene rings is 1. The smallest absolute Gasteiger partial charge is 0.459 e. The molecule has 1 aliphatic heterocycles. The number of aliphatic hydroxyl groups excluding tert-OH is 1. The minimum atomic E-state index is -4.26. The Bertz CT molecular complexity index is 1190. The Kier molecular flexibility index (Phi) is 8.98. The minimum Gasteiger partial charge on any atom is -0.462 e. The number of carbonyl (C=O) groups excluding carboxylic acids is 1. The zero-order valence-electron chi connectivity index (χ0n) is 19.8. The molecule has 1 unspecified atom stereocenters. The van der Waals surface area contributed by atoms with Crippen molar-refractivity contribution in [2.75, 3.05) is 12.3 Å². The van der Waals surface area contributed by atoms with Crippen molar-refractivity contribution in [1.29, 1.82) is 0 Å². The number of para-hydroxylation sites is 1. The van der Waals surface area contributed by atoms with Crippen molar-refractivity contribution in [2.24, 2.45) is 0 Å². The maximum absolute atomic E-state index is 13.6. The molecule has 1 fully saturated rings. The normalized spacial score (nSPS) is 23.4. The topological polar surface area (TPSA) is 164 Å². The number of nitrogens with two attached hydrogens (primary N) is 1. The van der Waals surface area contributed by atoms with Gasteiger partial charge in [-0.25, -0.2) is 13.8 Å². The Balaban J connectivity index is 1.79. The summed E-state index contributed by atoms with van der Waals surface area (Å²) in [5, 5.41) is 13.1. The van der Waals surface area contributed by atoms with E-state index in [4.69, 9.17) is 24.3 Å². The number of ether oxygens (including phenoxy) is 2. The second-order valence-electron chi connectivity index (χ2n) is 8.16. The number of anilines is 1. The number of halogens is 1. The third kappa shape index (κ3) is 6.77. The van der Waals surface area contributed by atoms with Crippen molar-refractivity contribution in [3.8, 4) is 5.75 Å². The van der Waals surface area contributed by atoms with Crippen molar-refractivity contribution in [3.05, 3.63) is 65.0 Å². The van der Waals surface area contributed by atoms with Gasteiger partial charge < -0.3 is 24.8 Å². The molecule has 0 bridgehead atoms. The SMILES string of the molecule is CC(C)OC(=O)[C@@H](C)NP(=O)(OC[C@H]1O[C@@H](n2ccc(N)nc2=O)/C(=C/F)[C@@H]1O)Oc1ccccc1. The quantitative estimate of drug-likeness (QED) is 0.307. The molecule has 3 rings (SSSR count). The Morgan fingerprint density at radius 1 is 1.33 bits per heavy atom. The van der Waals surface area contributed by atoms with E-state index < -0.39 is 56.6 Å². The van der Waals surface area contributed by atoms with Crippen molar-refractivity contribution in [2.45, 2.75) is 51.4 Å². The molecule has 2 aromatic rings. The van der Waals surface area contributed by atoms with Crippen LogP contribution >= 0.6 is 7.75 Å². The average molecular weight is 526 g/mol. The van der Waals surface area contributed by atoms with Crippen LogP contribution in [0.25, 0.3) is 0 Å². The van der Waals surface area contributed by atoms with Gasteiger partial charge in [-0.3, -0.25) is 13.9 Å². The van der Waals surface area contributed by atoms with Gasteiger partial charge in [0.2, 0.25) is 0 Å². The zero-order valence-corrected chi connectivity index (χ0v) is 20.7. The Morgan fingerprint density at radius 3 is 2.64 bits per heavy atom. The van der Waals surface area contributed by atoms with Gasteiger partial charge in [0.25, 0.3) is 0 Å². The number of nitrogen functional groups attached to an aromatic ring is 1. The first-order chi connectivity index (χ1) is 17.0. The fourth-order valence-corrected chi connectivity index (χ4v) is 4.77. The first kappa shape index (κ1) is 27.5. The molecule has 0 saturated carbocycles. The molecule has 0 aliphatic carbocycles. The van der Waals surface area contributed by atoms with Crippen LogP contribution in [-0.4, -0.2) is 51.6 Å². The van der Waals surface area contributed by atoms with Crippen LogP contribution in [0.2, 0.25) is 0 Å². The first-order valence-electron chi connectivity index (χ1n) is 11.0. The summed E-state index contributed by atoms with van der Waals surface area (Å²) in [6.45, 7) is 4.17. The molecule has 1 saturated heterocycles. The number of carbonyl (C=O) groups is 1. The molecule has 14 heteroatoms. The fourth-order valence-electron chi connectivity index (χ4n) is 3.26. The van der Waals surface area contributed by atoms with E-state index in [1.807, 2.05) is 0 Å². The van der Waals surface area contributed by atoms with Gasteiger partial charge in [0.15, 0.2) is 6.23 Å². The number of hydrogen-bond acceptors (Lipinski definition) is 10. The van der Waals surface area contributed by atoms with Crippen LogP contribution < -0.4 is 21.0 Å². The minimum absolute atomic E-state index is 0.0457. The fraction of sp³-hybridized carbons (Fsp3) is 0.409. The van der Waals surface area contributed by atoms with Gasteiger partial charge in [-0.1, -0.05) is 18.2 Å². The third-order valence-corrected chi connectivity index (χ3v) is 6.59. The van der Waals surface area contributed by atoms with E-state index in [0.717, 1.165) is 4.57 Å². The maximum Gasteiger partial charge on any atom is 0.459 e. The van der Waals surface area contributed by atoms with E-state index in [0.29, 0.717) is 0 Å². The molecule has 1 aromatic heterocycles. The molecule has 1 aromatic carbocycles. The highest BCUT2D eigenvalue weighted by atomic mass is 31.2. The van der Waals surface area contributed by atoms with Crippen LogP contribution in [0.5, 0.6) is 5.75 Å². The molecule has 1 aliphatic rings. The van der Waals surface area contributed by atoms with Crippen LogP contribution in [0, 0.1) is 0 Å². The highest BCUT2D eigenvalue weighted by Gasteiger charge is 2.43. The van der Waals surface area contributed by atoms with Gasteiger partial charge in [-0.05, 0) is 39.0 Å². The third-order valence-electron chi connectivity index (χ3n) is 4.95. The summed E-state index contributed by atoms with van der Waals surface area (Å²) in [5.41, 5.74) is 4.38. The number of nitrogens with zero attached hydrogens (tertiary/aromatic N) is 2. The predicted molar refractivity (Wildman–Crippen MR) is 126 cm³/mol. The monoisotopic (exact) mass is 526 g/mol. The molecule has 196 valence electrons. The molecule has 5 atom stereocenters. The van der Waals surface area contributed by atoms with Crippen molar-refractivity contribution >= 4 is 19.5 Å². The lowest BCUT2D eigenvalue weighted by Gasteiger charge is -2.25. The van der Waals surface area contributed by atoms with Crippen LogP contribution in [0.4, 0.5) is 10.2 Å². The van der Waals surface area contributed by atoms with E-state index in [1.54, 1.807) is 32.0 Å². The summed E-state index contributed by atoms with van der Waals surface area (Å²) >= 11 is 0. The van der Waals surface area contributed by atoms with Crippen LogP contribution in [-0.2, 0) is 23.4 Å². The summed E-state index contributed by atoms with van der Waals surface area (Å²) in [7, 11) is -4.26. The van der Waals surface area contributed by atoms with E-state index in [1.165, 1.54) is 31.3 Å². The largest absolute Gasteiger partial charge is 0.462 e. The number of hydrogen-bond donors (Lipinski definition) is 3. The van der Waals surface area contributed by atoms with Crippen LogP contribution in [0.3, 0.4) is 0 Å². The lowest BCUT2D eigenvalue weighted by atomic mass is 10.1. The molecule has 36 heavy (non-hydrogen) atoms. The standard InChI is InChI=1S/C22H28FN4O8P/c1-13(2)33-21(29)14(3)26-36(31,35-15-7-5-4-6-8-15)32-12-17-19(28)16(11-23)20(34-17)27-10-9-18(24)25-22(27)30/h4-11,13-14,17,19-20,28H,12H2,1-3H3,(H,26,31)(H2,24,25,30)/b16-11+/t14-,17-,19+,20-,36?/m1/s1. The van der Waals surface area contributed by atoms with Gasteiger partial charge in [-0.2, -0.15) is 10.1 Å². The van der Waals surface area contributed by atoms with Crippen molar-refractivity contribution < 1.29 is 37.4 Å². The number of aliphatic hydroxyl groups is 1. The first-order valence-corrected chi connectivity index (χ1v) is 12.5. The van der Waals surface area contributed by atoms with Gasteiger partial charge in [0.1, 0.15) is 29.8 Å². The zero-order chi connectivity index (χ0) is 26.5. The molecular weight excluding hydrogens is 498 g/mol. The lowest BCUT2D eigenvalue weighted by molar-refractivity contribution is -0.149. The maximum atomic E-state index is 13.6. The van der Waals surface area contributed by atoms with Crippen LogP contribution in [0.1, 0.15) is 27.0 Å². The number of nitrogens with one attached hydrogen (secondary N) is 1. The van der Waals surface area contributed by atoms with Gasteiger partial charge >= 0.3 is 19.4 Å². The van der Waals surface area contributed by atoms with E-state index >= 15 is 0 Å². The number of rotatable bonds is 10. The average Bonchev–Trinajstić information content (AvgIpc) is 3.12. The molecule has 0 radical (unpaired) electrons.